The van der Waals surface area contributed by atoms with Crippen molar-refractivity contribution in [3.05, 3.63) is 94.6 Å². The number of nitrogens with one attached hydrogen (secondary N) is 1. The summed E-state index contributed by atoms with van der Waals surface area (Å²) in [6, 6.07) is 19.4. The molecule has 7 heteroatoms. The Morgan fingerprint density at radius 1 is 1.06 bits per heavy atom. The van der Waals surface area contributed by atoms with Gasteiger partial charge in [0.1, 0.15) is 11.5 Å². The second-order valence-corrected chi connectivity index (χ2v) is 9.22. The van der Waals surface area contributed by atoms with E-state index in [4.69, 9.17) is 4.74 Å². The molecular weight excluding hydrogens is 454 g/mol. The number of para-hydroxylation sites is 2. The van der Waals surface area contributed by atoms with E-state index in [9.17, 15) is 14.7 Å². The number of rotatable bonds is 5. The first-order valence-electron chi connectivity index (χ1n) is 11.8. The number of benzene rings is 3. The molecule has 1 atom stereocenters. The lowest BCUT2D eigenvalue weighted by Gasteiger charge is -2.23. The molecule has 0 saturated carbocycles. The van der Waals surface area contributed by atoms with E-state index in [-0.39, 0.29) is 23.2 Å². The number of fused-ring (bicyclic) bond motifs is 1. The number of H-pyrrole nitrogens is 1. The highest BCUT2D eigenvalue weighted by Gasteiger charge is 2.48. The van der Waals surface area contributed by atoms with Gasteiger partial charge in [-0.15, -0.1) is 0 Å². The number of amides is 1. The van der Waals surface area contributed by atoms with Crippen molar-refractivity contribution in [3.8, 4) is 5.75 Å². The van der Waals surface area contributed by atoms with Gasteiger partial charge in [0, 0.05) is 5.56 Å². The standard InChI is InChI=1S/C29H27N3O4/c1-16(2)19-15-20(17(3)14-23(19)36-4)26(33)24-25(18-10-6-5-7-11-18)32(28(35)27(24)34)29-30-21-12-8-9-13-22(21)31-29/h5-16,25,33H,1-4H3,(H,30,31)/b26-24+. The Kier molecular flexibility index (Phi) is 5.84. The predicted octanol–water partition coefficient (Wildman–Crippen LogP) is 5.63. The molecule has 7 nitrogen and oxygen atoms in total. The van der Waals surface area contributed by atoms with E-state index >= 15 is 0 Å². The van der Waals surface area contributed by atoms with Gasteiger partial charge < -0.3 is 14.8 Å². The van der Waals surface area contributed by atoms with Crippen LogP contribution in [0.15, 0.2) is 72.3 Å². The van der Waals surface area contributed by atoms with Crippen LogP contribution in [0.25, 0.3) is 16.8 Å². The normalized spacial score (nSPS) is 17.4. The molecule has 36 heavy (non-hydrogen) atoms. The van der Waals surface area contributed by atoms with Gasteiger partial charge in [-0.05, 0) is 53.8 Å². The number of nitrogens with zero attached hydrogens (tertiary/aromatic N) is 2. The summed E-state index contributed by atoms with van der Waals surface area (Å²) in [4.78, 5) is 36.0. The number of imidazole rings is 1. The molecule has 2 heterocycles. The van der Waals surface area contributed by atoms with Crippen LogP contribution < -0.4 is 9.64 Å². The van der Waals surface area contributed by atoms with Crippen LogP contribution in [0.5, 0.6) is 5.75 Å². The van der Waals surface area contributed by atoms with Crippen molar-refractivity contribution in [1.82, 2.24) is 9.97 Å². The molecule has 1 aliphatic heterocycles. The number of ketones is 1. The van der Waals surface area contributed by atoms with Gasteiger partial charge in [0.05, 0.1) is 29.8 Å². The molecule has 5 rings (SSSR count). The van der Waals surface area contributed by atoms with E-state index in [1.807, 2.05) is 87.5 Å². The number of aromatic amines is 1. The van der Waals surface area contributed by atoms with Crippen LogP contribution in [0.1, 0.15) is 48.1 Å². The fourth-order valence-electron chi connectivity index (χ4n) is 4.78. The Balaban J connectivity index is 1.75. The predicted molar refractivity (Wildman–Crippen MR) is 139 cm³/mol. The largest absolute Gasteiger partial charge is 0.507 e. The molecule has 0 radical (unpaired) electrons. The molecule has 2 N–H and O–H groups in total. The highest BCUT2D eigenvalue weighted by Crippen LogP contribution is 2.43. The van der Waals surface area contributed by atoms with Gasteiger partial charge in [0.2, 0.25) is 5.95 Å². The molecule has 1 saturated heterocycles. The van der Waals surface area contributed by atoms with E-state index in [1.165, 1.54) is 4.90 Å². The fraction of sp³-hybridized carbons (Fsp3) is 0.207. The third-order valence-electron chi connectivity index (χ3n) is 6.62. The minimum absolute atomic E-state index is 0.0228. The Bertz CT molecular complexity index is 1490. The molecule has 182 valence electrons. The number of anilines is 1. The molecule has 1 unspecified atom stereocenters. The Morgan fingerprint density at radius 2 is 1.75 bits per heavy atom. The highest BCUT2D eigenvalue weighted by atomic mass is 16.5. The lowest BCUT2D eigenvalue weighted by Crippen LogP contribution is -2.30. The molecule has 0 aliphatic carbocycles. The van der Waals surface area contributed by atoms with Gasteiger partial charge in [-0.2, -0.15) is 0 Å². The second kappa shape index (κ2) is 9.00. The molecule has 0 bridgehead atoms. The van der Waals surface area contributed by atoms with E-state index in [0.717, 1.165) is 16.6 Å². The number of ether oxygens (including phenoxy) is 1. The summed E-state index contributed by atoms with van der Waals surface area (Å²) in [5.74, 6) is -0.650. The number of carbonyl (C=O) groups is 2. The number of Topliss-reactive ketones (excluding diaryl/α,β-unsaturated/α-hetero) is 1. The molecule has 3 aromatic carbocycles. The average Bonchev–Trinajstić information content (AvgIpc) is 3.42. The number of aryl methyl sites for hydroxylation is 1. The van der Waals surface area contributed by atoms with Gasteiger partial charge in [0.25, 0.3) is 5.78 Å². The van der Waals surface area contributed by atoms with E-state index < -0.39 is 17.7 Å². The number of methoxy groups -OCH3 is 1. The maximum absolute atomic E-state index is 13.5. The Morgan fingerprint density at radius 3 is 2.42 bits per heavy atom. The first-order valence-corrected chi connectivity index (χ1v) is 11.8. The van der Waals surface area contributed by atoms with Crippen LogP contribution in [0, 0.1) is 6.92 Å². The van der Waals surface area contributed by atoms with Gasteiger partial charge in [-0.1, -0.05) is 56.3 Å². The molecule has 0 spiro atoms. The zero-order chi connectivity index (χ0) is 25.6. The zero-order valence-electron chi connectivity index (χ0n) is 20.6. The van der Waals surface area contributed by atoms with E-state index in [2.05, 4.69) is 9.97 Å². The van der Waals surface area contributed by atoms with Gasteiger partial charge in [-0.25, -0.2) is 4.98 Å². The van der Waals surface area contributed by atoms with Crippen molar-refractivity contribution in [1.29, 1.82) is 0 Å². The van der Waals surface area contributed by atoms with Gasteiger partial charge in [-0.3, -0.25) is 14.5 Å². The second-order valence-electron chi connectivity index (χ2n) is 9.22. The summed E-state index contributed by atoms with van der Waals surface area (Å²) in [6.45, 7) is 5.90. The average molecular weight is 482 g/mol. The first kappa shape index (κ1) is 23.4. The quantitative estimate of drug-likeness (QED) is 0.219. The zero-order valence-corrected chi connectivity index (χ0v) is 20.6. The molecular formula is C29H27N3O4. The van der Waals surface area contributed by atoms with Crippen molar-refractivity contribution >= 4 is 34.4 Å². The third-order valence-corrected chi connectivity index (χ3v) is 6.62. The van der Waals surface area contributed by atoms with Crippen molar-refractivity contribution in [3.63, 3.8) is 0 Å². The lowest BCUT2D eigenvalue weighted by molar-refractivity contribution is -0.132. The number of hydrogen-bond acceptors (Lipinski definition) is 5. The summed E-state index contributed by atoms with van der Waals surface area (Å²) in [7, 11) is 1.61. The van der Waals surface area contributed by atoms with Crippen LogP contribution in [-0.4, -0.2) is 33.9 Å². The SMILES string of the molecule is COc1cc(C)c(/C(O)=C2\C(=O)C(=O)N(c3nc4ccccc4[nH]3)C2c2ccccc2)cc1C(C)C. The van der Waals surface area contributed by atoms with Crippen molar-refractivity contribution in [2.75, 3.05) is 12.0 Å². The van der Waals surface area contributed by atoms with Crippen molar-refractivity contribution < 1.29 is 19.4 Å². The number of aliphatic hydroxyl groups is 1. The lowest BCUT2D eigenvalue weighted by atomic mass is 9.91. The minimum atomic E-state index is -0.851. The fourth-order valence-corrected chi connectivity index (χ4v) is 4.78. The molecule has 1 aromatic heterocycles. The van der Waals surface area contributed by atoms with Crippen molar-refractivity contribution in [2.24, 2.45) is 0 Å². The van der Waals surface area contributed by atoms with Crippen LogP contribution in [0.3, 0.4) is 0 Å². The highest BCUT2D eigenvalue weighted by molar-refractivity contribution is 6.51. The van der Waals surface area contributed by atoms with Crippen LogP contribution >= 0.6 is 0 Å². The minimum Gasteiger partial charge on any atom is -0.507 e. The van der Waals surface area contributed by atoms with Gasteiger partial charge >= 0.3 is 5.91 Å². The summed E-state index contributed by atoms with van der Waals surface area (Å²) < 4.78 is 5.54. The smallest absolute Gasteiger partial charge is 0.302 e. The van der Waals surface area contributed by atoms with Gasteiger partial charge in [0.15, 0.2) is 0 Å². The van der Waals surface area contributed by atoms with Crippen LogP contribution in [0.4, 0.5) is 5.95 Å². The topological polar surface area (TPSA) is 95.5 Å². The molecule has 4 aromatic rings. The number of aromatic nitrogens is 2. The van der Waals surface area contributed by atoms with Crippen LogP contribution in [-0.2, 0) is 9.59 Å². The molecule has 1 fully saturated rings. The summed E-state index contributed by atoms with van der Waals surface area (Å²) in [5.41, 5.74) is 4.25. The van der Waals surface area contributed by atoms with E-state index in [0.29, 0.717) is 22.4 Å². The van der Waals surface area contributed by atoms with E-state index in [1.54, 1.807) is 7.11 Å². The summed E-state index contributed by atoms with van der Waals surface area (Å²) in [5, 5.41) is 11.6. The maximum atomic E-state index is 13.5. The summed E-state index contributed by atoms with van der Waals surface area (Å²) >= 11 is 0. The maximum Gasteiger partial charge on any atom is 0.302 e. The summed E-state index contributed by atoms with van der Waals surface area (Å²) in [6.07, 6.45) is 0. The third kappa shape index (κ3) is 3.73. The Hall–Kier alpha value is -4.39. The monoisotopic (exact) mass is 481 g/mol. The molecule has 1 amide bonds. The number of aliphatic hydroxyl groups excluding tert-OH is 1. The molecule has 1 aliphatic rings. The first-order chi connectivity index (χ1) is 17.3. The number of hydrogen-bond donors (Lipinski definition) is 2. The number of carbonyl (C=O) groups excluding carboxylic acids is 2. The van der Waals surface area contributed by atoms with Crippen LogP contribution in [0.2, 0.25) is 0 Å². The Labute approximate surface area is 209 Å². The van der Waals surface area contributed by atoms with Crippen molar-refractivity contribution in [2.45, 2.75) is 32.7 Å².